The van der Waals surface area contributed by atoms with Gasteiger partial charge in [0.15, 0.2) is 0 Å². The van der Waals surface area contributed by atoms with Crippen LogP contribution < -0.4 is 9.64 Å². The number of piperazine rings is 1. The molecule has 0 unspecified atom stereocenters. The van der Waals surface area contributed by atoms with Crippen LogP contribution in [0, 0.1) is 0 Å². The van der Waals surface area contributed by atoms with Gasteiger partial charge < -0.3 is 9.64 Å². The number of rotatable bonds is 2. The average Bonchev–Trinajstić information content (AvgIpc) is 2.37. The first-order chi connectivity index (χ1) is 8.91. The lowest BCUT2D eigenvalue weighted by Crippen LogP contribution is -2.53. The number of methoxy groups -OCH3 is 1. The first-order valence-electron chi connectivity index (χ1n) is 6.62. The van der Waals surface area contributed by atoms with E-state index >= 15 is 0 Å². The fourth-order valence-electron chi connectivity index (χ4n) is 2.42. The molecule has 19 heavy (non-hydrogen) atoms. The van der Waals surface area contributed by atoms with Crippen molar-refractivity contribution < 1.29 is 4.74 Å². The summed E-state index contributed by atoms with van der Waals surface area (Å²) in [6, 6.07) is 3.80. The van der Waals surface area contributed by atoms with Crippen LogP contribution in [0.2, 0.25) is 5.15 Å². The summed E-state index contributed by atoms with van der Waals surface area (Å²) in [6.07, 6.45) is 0. The number of hydrogen-bond acceptors (Lipinski definition) is 4. The third-order valence-electron chi connectivity index (χ3n) is 3.57. The van der Waals surface area contributed by atoms with Gasteiger partial charge in [-0.1, -0.05) is 11.6 Å². The van der Waals surface area contributed by atoms with E-state index in [2.05, 4.69) is 35.6 Å². The summed E-state index contributed by atoms with van der Waals surface area (Å²) in [5.41, 5.74) is 1.26. The van der Waals surface area contributed by atoms with Gasteiger partial charge in [0, 0.05) is 31.7 Å². The number of anilines is 1. The molecule has 1 aliphatic rings. The zero-order valence-corrected chi connectivity index (χ0v) is 12.9. The molecule has 0 aromatic carbocycles. The highest BCUT2D eigenvalue weighted by Gasteiger charge is 2.27. The van der Waals surface area contributed by atoms with Gasteiger partial charge in [0.2, 0.25) is 5.88 Å². The minimum absolute atomic E-state index is 0.231. The van der Waals surface area contributed by atoms with Crippen LogP contribution in [0.5, 0.6) is 5.88 Å². The maximum absolute atomic E-state index is 5.90. The summed E-state index contributed by atoms with van der Waals surface area (Å²) < 4.78 is 5.32. The quantitative estimate of drug-likeness (QED) is 0.780. The van der Waals surface area contributed by atoms with E-state index in [0.717, 1.165) is 31.9 Å². The molecule has 0 saturated carbocycles. The summed E-state index contributed by atoms with van der Waals surface area (Å²) in [7, 11) is 1.63. The van der Waals surface area contributed by atoms with Gasteiger partial charge in [-0.3, -0.25) is 4.90 Å². The maximum atomic E-state index is 5.90. The Morgan fingerprint density at radius 2 is 1.79 bits per heavy atom. The van der Waals surface area contributed by atoms with E-state index in [-0.39, 0.29) is 5.54 Å². The second-order valence-electron chi connectivity index (χ2n) is 5.81. The number of pyridine rings is 1. The molecule has 2 heterocycles. The van der Waals surface area contributed by atoms with Gasteiger partial charge in [0.25, 0.3) is 0 Å². The zero-order chi connectivity index (χ0) is 14.0. The van der Waals surface area contributed by atoms with Crippen LogP contribution in [-0.4, -0.2) is 48.7 Å². The van der Waals surface area contributed by atoms with Crippen molar-refractivity contribution in [3.05, 3.63) is 17.3 Å². The largest absolute Gasteiger partial charge is 0.479 e. The second-order valence-corrected chi connectivity index (χ2v) is 6.19. The lowest BCUT2D eigenvalue weighted by Gasteiger charge is -2.43. The van der Waals surface area contributed by atoms with Gasteiger partial charge in [-0.15, -0.1) is 0 Å². The van der Waals surface area contributed by atoms with E-state index in [1.165, 1.54) is 0 Å². The van der Waals surface area contributed by atoms with Gasteiger partial charge in [-0.05, 0) is 32.9 Å². The second kappa shape index (κ2) is 5.55. The highest BCUT2D eigenvalue weighted by molar-refractivity contribution is 6.29. The Balaban J connectivity index is 2.10. The molecule has 0 radical (unpaired) electrons. The lowest BCUT2D eigenvalue weighted by atomic mass is 10.0. The molecule has 1 aromatic heterocycles. The summed E-state index contributed by atoms with van der Waals surface area (Å²) >= 11 is 5.90. The van der Waals surface area contributed by atoms with Crippen molar-refractivity contribution in [1.82, 2.24) is 9.88 Å². The van der Waals surface area contributed by atoms with Gasteiger partial charge >= 0.3 is 0 Å². The van der Waals surface area contributed by atoms with Crippen LogP contribution in [0.15, 0.2) is 12.1 Å². The smallest absolute Gasteiger partial charge is 0.238 e. The minimum atomic E-state index is 0.231. The molecular weight excluding hydrogens is 262 g/mol. The first-order valence-corrected chi connectivity index (χ1v) is 7.00. The monoisotopic (exact) mass is 283 g/mol. The van der Waals surface area contributed by atoms with Gasteiger partial charge in [-0.25, -0.2) is 0 Å². The molecule has 106 valence electrons. The molecule has 1 aliphatic heterocycles. The number of aromatic nitrogens is 1. The van der Waals surface area contributed by atoms with E-state index in [0.29, 0.717) is 11.0 Å². The summed E-state index contributed by atoms with van der Waals surface area (Å²) in [5.74, 6) is 0.608. The molecule has 1 aromatic rings. The van der Waals surface area contributed by atoms with Crippen molar-refractivity contribution in [2.45, 2.75) is 26.3 Å². The fraction of sp³-hybridized carbons (Fsp3) is 0.643. The van der Waals surface area contributed by atoms with Crippen molar-refractivity contribution >= 4 is 17.3 Å². The van der Waals surface area contributed by atoms with Crippen LogP contribution in [0.3, 0.4) is 0 Å². The third kappa shape index (κ3) is 3.31. The molecule has 0 aliphatic carbocycles. The summed E-state index contributed by atoms with van der Waals surface area (Å²) in [6.45, 7) is 10.8. The number of nitrogens with zero attached hydrogens (tertiary/aromatic N) is 3. The van der Waals surface area contributed by atoms with Crippen molar-refractivity contribution in [2.24, 2.45) is 0 Å². The van der Waals surface area contributed by atoms with E-state index in [9.17, 15) is 0 Å². The zero-order valence-electron chi connectivity index (χ0n) is 12.1. The molecule has 0 bridgehead atoms. The molecule has 1 fully saturated rings. The van der Waals surface area contributed by atoms with Crippen LogP contribution in [-0.2, 0) is 0 Å². The SMILES string of the molecule is COc1nc(Cl)ccc1N1CCN(C(C)(C)C)CC1. The molecule has 5 heteroatoms. The maximum Gasteiger partial charge on any atom is 0.238 e. The number of halogens is 1. The van der Waals surface area contributed by atoms with Gasteiger partial charge in [0.1, 0.15) is 10.8 Å². The Morgan fingerprint density at radius 3 is 2.32 bits per heavy atom. The fourth-order valence-corrected chi connectivity index (χ4v) is 2.56. The molecule has 2 rings (SSSR count). The topological polar surface area (TPSA) is 28.6 Å². The van der Waals surface area contributed by atoms with Crippen LogP contribution in [0.1, 0.15) is 20.8 Å². The van der Waals surface area contributed by atoms with Crippen molar-refractivity contribution in [3.8, 4) is 5.88 Å². The lowest BCUT2D eigenvalue weighted by molar-refractivity contribution is 0.128. The highest BCUT2D eigenvalue weighted by Crippen LogP contribution is 2.29. The molecule has 4 nitrogen and oxygen atoms in total. The normalized spacial score (nSPS) is 17.6. The van der Waals surface area contributed by atoms with E-state index in [1.54, 1.807) is 7.11 Å². The molecule has 0 amide bonds. The van der Waals surface area contributed by atoms with Crippen molar-refractivity contribution in [2.75, 3.05) is 38.2 Å². The standard InChI is InChI=1S/C14H22ClN3O/c1-14(2,3)18-9-7-17(8-10-18)11-5-6-12(15)16-13(11)19-4/h5-6H,7-10H2,1-4H3. The molecule has 1 saturated heterocycles. The van der Waals surface area contributed by atoms with Gasteiger partial charge in [-0.2, -0.15) is 4.98 Å². The number of hydrogen-bond donors (Lipinski definition) is 0. The Kier molecular flexibility index (Phi) is 4.21. The number of ether oxygens (including phenoxy) is 1. The van der Waals surface area contributed by atoms with Gasteiger partial charge in [0.05, 0.1) is 7.11 Å². The Morgan fingerprint density at radius 1 is 1.16 bits per heavy atom. The Hall–Kier alpha value is -1.00. The highest BCUT2D eigenvalue weighted by atomic mass is 35.5. The van der Waals surface area contributed by atoms with E-state index < -0.39 is 0 Å². The van der Waals surface area contributed by atoms with E-state index in [1.807, 2.05) is 12.1 Å². The predicted octanol–water partition coefficient (Wildman–Crippen LogP) is 2.66. The van der Waals surface area contributed by atoms with Crippen molar-refractivity contribution in [3.63, 3.8) is 0 Å². The summed E-state index contributed by atoms with van der Waals surface area (Å²) in [4.78, 5) is 9.03. The molecule has 0 spiro atoms. The minimum Gasteiger partial charge on any atom is -0.479 e. The molecule has 0 N–H and O–H groups in total. The van der Waals surface area contributed by atoms with Crippen LogP contribution in [0.25, 0.3) is 0 Å². The van der Waals surface area contributed by atoms with Crippen molar-refractivity contribution in [1.29, 1.82) is 0 Å². The Labute approximate surface area is 120 Å². The predicted molar refractivity (Wildman–Crippen MR) is 79.3 cm³/mol. The first kappa shape index (κ1) is 14.4. The Bertz CT molecular complexity index is 437. The molecule has 0 atom stereocenters. The molecular formula is C14H22ClN3O. The third-order valence-corrected chi connectivity index (χ3v) is 3.78. The summed E-state index contributed by atoms with van der Waals surface area (Å²) in [5, 5.41) is 0.467. The van der Waals surface area contributed by atoms with E-state index in [4.69, 9.17) is 16.3 Å². The van der Waals surface area contributed by atoms with Crippen LogP contribution >= 0.6 is 11.6 Å². The average molecular weight is 284 g/mol. The van der Waals surface area contributed by atoms with Crippen LogP contribution in [0.4, 0.5) is 5.69 Å².